The number of hydrogen-bond donors (Lipinski definition) is 1. The number of nitrogens with two attached hydrogens (primary N) is 1. The highest BCUT2D eigenvalue weighted by molar-refractivity contribution is 5.27. The van der Waals surface area contributed by atoms with E-state index in [1.54, 1.807) is 7.11 Å². The third kappa shape index (κ3) is 2.06. The summed E-state index contributed by atoms with van der Waals surface area (Å²) in [6.45, 7) is 0.782. The Morgan fingerprint density at radius 2 is 2.13 bits per heavy atom. The van der Waals surface area contributed by atoms with E-state index in [4.69, 9.17) is 10.5 Å². The highest BCUT2D eigenvalue weighted by atomic mass is 16.5. The molecule has 0 amide bonds. The molecule has 1 aliphatic carbocycles. The summed E-state index contributed by atoms with van der Waals surface area (Å²) in [5.74, 6) is 0. The largest absolute Gasteiger partial charge is 0.384 e. The Kier molecular flexibility index (Phi) is 3.08. The molecule has 0 radical (unpaired) electrons. The van der Waals surface area contributed by atoms with E-state index in [0.717, 1.165) is 25.9 Å². The Labute approximate surface area is 91.4 Å². The van der Waals surface area contributed by atoms with E-state index in [9.17, 15) is 0 Å². The van der Waals surface area contributed by atoms with Crippen molar-refractivity contribution in [2.45, 2.75) is 30.7 Å². The number of benzene rings is 1. The van der Waals surface area contributed by atoms with Gasteiger partial charge in [-0.3, -0.25) is 0 Å². The van der Waals surface area contributed by atoms with Crippen molar-refractivity contribution in [3.63, 3.8) is 0 Å². The monoisotopic (exact) mass is 205 g/mol. The highest BCUT2D eigenvalue weighted by Gasteiger charge is 2.39. The first-order chi connectivity index (χ1) is 7.27. The zero-order valence-electron chi connectivity index (χ0n) is 9.28. The fraction of sp³-hybridized carbons (Fsp3) is 0.538. The maximum Gasteiger partial charge on any atom is 0.0559 e. The van der Waals surface area contributed by atoms with Crippen LogP contribution < -0.4 is 5.73 Å². The molecule has 0 heterocycles. The molecule has 2 unspecified atom stereocenters. The van der Waals surface area contributed by atoms with Gasteiger partial charge in [0.05, 0.1) is 6.61 Å². The van der Waals surface area contributed by atoms with Crippen LogP contribution in [0.25, 0.3) is 0 Å². The molecular formula is C13H19NO. The molecule has 0 saturated heterocycles. The van der Waals surface area contributed by atoms with Gasteiger partial charge in [-0.25, -0.2) is 0 Å². The summed E-state index contributed by atoms with van der Waals surface area (Å²) in [6.07, 6.45) is 3.30. The van der Waals surface area contributed by atoms with Crippen LogP contribution in [0.15, 0.2) is 30.3 Å². The van der Waals surface area contributed by atoms with Gasteiger partial charge in [0.25, 0.3) is 0 Å². The Morgan fingerprint density at radius 1 is 1.40 bits per heavy atom. The van der Waals surface area contributed by atoms with Gasteiger partial charge in [-0.05, 0) is 24.8 Å². The van der Waals surface area contributed by atoms with Crippen molar-refractivity contribution < 1.29 is 4.74 Å². The van der Waals surface area contributed by atoms with Gasteiger partial charge in [-0.1, -0.05) is 30.3 Å². The fourth-order valence-electron chi connectivity index (χ4n) is 2.71. The Hall–Kier alpha value is -0.860. The van der Waals surface area contributed by atoms with Gasteiger partial charge in [-0.2, -0.15) is 0 Å². The zero-order chi connectivity index (χ0) is 10.7. The van der Waals surface area contributed by atoms with E-state index in [1.807, 2.05) is 0 Å². The first-order valence-electron chi connectivity index (χ1n) is 5.57. The van der Waals surface area contributed by atoms with Crippen molar-refractivity contribution in [1.29, 1.82) is 0 Å². The second-order valence-electron chi connectivity index (χ2n) is 4.58. The van der Waals surface area contributed by atoms with E-state index in [0.29, 0.717) is 6.04 Å². The van der Waals surface area contributed by atoms with Crippen LogP contribution >= 0.6 is 0 Å². The minimum atomic E-state index is 0.162. The topological polar surface area (TPSA) is 35.2 Å². The summed E-state index contributed by atoms with van der Waals surface area (Å²) in [5.41, 5.74) is 7.56. The molecule has 82 valence electrons. The predicted octanol–water partition coefficient (Wildman–Crippen LogP) is 2.08. The van der Waals surface area contributed by atoms with Crippen molar-refractivity contribution in [2.75, 3.05) is 13.7 Å². The van der Waals surface area contributed by atoms with Gasteiger partial charge >= 0.3 is 0 Å². The minimum Gasteiger partial charge on any atom is -0.384 e. The smallest absolute Gasteiger partial charge is 0.0559 e. The lowest BCUT2D eigenvalue weighted by molar-refractivity contribution is 0.131. The number of ether oxygens (including phenoxy) is 1. The van der Waals surface area contributed by atoms with Gasteiger partial charge in [0.2, 0.25) is 0 Å². The summed E-state index contributed by atoms with van der Waals surface area (Å²) in [4.78, 5) is 0. The van der Waals surface area contributed by atoms with Gasteiger partial charge < -0.3 is 10.5 Å². The van der Waals surface area contributed by atoms with Crippen LogP contribution in [0.2, 0.25) is 0 Å². The third-order valence-electron chi connectivity index (χ3n) is 3.45. The van der Waals surface area contributed by atoms with E-state index >= 15 is 0 Å². The highest BCUT2D eigenvalue weighted by Crippen LogP contribution is 2.40. The lowest BCUT2D eigenvalue weighted by Crippen LogP contribution is -2.30. The number of rotatable bonds is 3. The standard InChI is InChI=1S/C13H19NO/c1-15-10-13(8-7-12(14)9-13)11-5-3-2-4-6-11/h2-6,12H,7-10,14H2,1H3. The molecule has 0 aliphatic heterocycles. The average Bonchev–Trinajstić information content (AvgIpc) is 2.63. The molecule has 1 aromatic rings. The Balaban J connectivity index is 2.27. The lowest BCUT2D eigenvalue weighted by atomic mass is 9.79. The van der Waals surface area contributed by atoms with Crippen molar-refractivity contribution >= 4 is 0 Å². The molecule has 2 N–H and O–H groups in total. The van der Waals surface area contributed by atoms with E-state index in [1.165, 1.54) is 5.56 Å². The molecule has 1 aliphatic rings. The number of hydrogen-bond acceptors (Lipinski definition) is 2. The van der Waals surface area contributed by atoms with Gasteiger partial charge in [0.15, 0.2) is 0 Å². The molecule has 2 atom stereocenters. The van der Waals surface area contributed by atoms with Crippen molar-refractivity contribution in [2.24, 2.45) is 5.73 Å². The average molecular weight is 205 g/mol. The summed E-state index contributed by atoms with van der Waals surface area (Å²) >= 11 is 0. The lowest BCUT2D eigenvalue weighted by Gasteiger charge is -2.29. The second kappa shape index (κ2) is 4.33. The first-order valence-corrected chi connectivity index (χ1v) is 5.57. The number of methoxy groups -OCH3 is 1. The van der Waals surface area contributed by atoms with Crippen LogP contribution in [-0.4, -0.2) is 19.8 Å². The summed E-state index contributed by atoms with van der Waals surface area (Å²) in [6, 6.07) is 11.0. The predicted molar refractivity (Wildman–Crippen MR) is 61.8 cm³/mol. The Morgan fingerprint density at radius 3 is 2.67 bits per heavy atom. The molecule has 1 saturated carbocycles. The van der Waals surface area contributed by atoms with Crippen LogP contribution in [-0.2, 0) is 10.2 Å². The third-order valence-corrected chi connectivity index (χ3v) is 3.45. The molecule has 1 aromatic carbocycles. The van der Waals surface area contributed by atoms with Crippen LogP contribution in [0.3, 0.4) is 0 Å². The maximum atomic E-state index is 6.02. The van der Waals surface area contributed by atoms with Crippen molar-refractivity contribution in [3.8, 4) is 0 Å². The summed E-state index contributed by atoms with van der Waals surface area (Å²) < 4.78 is 5.38. The second-order valence-corrected chi connectivity index (χ2v) is 4.58. The van der Waals surface area contributed by atoms with Gasteiger partial charge in [0, 0.05) is 18.6 Å². The minimum absolute atomic E-state index is 0.162. The fourth-order valence-corrected chi connectivity index (χ4v) is 2.71. The molecular weight excluding hydrogens is 186 g/mol. The Bertz CT molecular complexity index is 308. The van der Waals surface area contributed by atoms with Crippen molar-refractivity contribution in [3.05, 3.63) is 35.9 Å². The van der Waals surface area contributed by atoms with E-state index in [-0.39, 0.29) is 5.41 Å². The molecule has 0 aromatic heterocycles. The van der Waals surface area contributed by atoms with Crippen LogP contribution in [0, 0.1) is 0 Å². The maximum absolute atomic E-state index is 6.02. The van der Waals surface area contributed by atoms with Gasteiger partial charge in [-0.15, -0.1) is 0 Å². The van der Waals surface area contributed by atoms with Crippen LogP contribution in [0.1, 0.15) is 24.8 Å². The normalized spacial score (nSPS) is 30.7. The molecule has 2 rings (SSSR count). The molecule has 0 spiro atoms. The molecule has 2 nitrogen and oxygen atoms in total. The summed E-state index contributed by atoms with van der Waals surface area (Å²) in [5, 5.41) is 0. The van der Waals surface area contributed by atoms with Gasteiger partial charge in [0.1, 0.15) is 0 Å². The molecule has 0 bridgehead atoms. The quantitative estimate of drug-likeness (QED) is 0.820. The molecule has 2 heteroatoms. The summed E-state index contributed by atoms with van der Waals surface area (Å²) in [7, 11) is 1.77. The van der Waals surface area contributed by atoms with Crippen LogP contribution in [0.5, 0.6) is 0 Å². The molecule has 15 heavy (non-hydrogen) atoms. The van der Waals surface area contributed by atoms with Crippen LogP contribution in [0.4, 0.5) is 0 Å². The van der Waals surface area contributed by atoms with E-state index in [2.05, 4.69) is 30.3 Å². The molecule has 1 fully saturated rings. The zero-order valence-corrected chi connectivity index (χ0v) is 9.28. The first kappa shape index (κ1) is 10.7. The SMILES string of the molecule is COCC1(c2ccccc2)CCC(N)C1. The van der Waals surface area contributed by atoms with E-state index < -0.39 is 0 Å². The van der Waals surface area contributed by atoms with Crippen molar-refractivity contribution in [1.82, 2.24) is 0 Å².